The molecule has 1 saturated heterocycles. The molecule has 140 valence electrons. The second-order valence-electron chi connectivity index (χ2n) is 6.44. The minimum atomic E-state index is -0.468. The number of hydrogen-bond donors (Lipinski definition) is 2. The molecule has 0 unspecified atom stereocenters. The smallest absolute Gasteiger partial charge is 0.341 e. The van der Waals surface area contributed by atoms with Crippen molar-refractivity contribution >= 4 is 23.3 Å². The zero-order valence-electron chi connectivity index (χ0n) is 14.5. The fourth-order valence-electron chi connectivity index (χ4n) is 3.33. The number of fused-ring (bicyclic) bond motifs is 1. The van der Waals surface area contributed by atoms with Crippen LogP contribution in [0.4, 0.5) is 4.79 Å². The number of rotatable bonds is 3. The average molecular weight is 387 g/mol. The van der Waals surface area contributed by atoms with Gasteiger partial charge in [0, 0.05) is 43.9 Å². The van der Waals surface area contributed by atoms with E-state index < -0.39 is 6.03 Å². The van der Waals surface area contributed by atoms with Crippen LogP contribution in [0.15, 0.2) is 48.8 Å². The number of nitrogens with one attached hydrogen (secondary N) is 1. The van der Waals surface area contributed by atoms with Crippen molar-refractivity contribution in [1.29, 1.82) is 0 Å². The molecule has 0 spiro atoms. The van der Waals surface area contributed by atoms with Crippen LogP contribution in [0.5, 0.6) is 5.75 Å². The number of pyridine rings is 1. The van der Waals surface area contributed by atoms with E-state index in [2.05, 4.69) is 4.98 Å². The second kappa shape index (κ2) is 7.46. The van der Waals surface area contributed by atoms with Crippen molar-refractivity contribution < 1.29 is 14.7 Å². The van der Waals surface area contributed by atoms with Crippen LogP contribution in [0.25, 0.3) is 16.8 Å². The summed E-state index contributed by atoms with van der Waals surface area (Å²) in [5.41, 5.74) is 4.40. The maximum atomic E-state index is 11.4. The molecular formula is C19H19ClN4O3. The lowest BCUT2D eigenvalue weighted by molar-refractivity contribution is 0.0882. The van der Waals surface area contributed by atoms with Crippen molar-refractivity contribution in [2.24, 2.45) is 0 Å². The van der Waals surface area contributed by atoms with Crippen molar-refractivity contribution in [3.8, 4) is 16.9 Å². The van der Waals surface area contributed by atoms with Crippen LogP contribution >= 0.6 is 11.6 Å². The molecule has 0 atom stereocenters. The van der Waals surface area contributed by atoms with Crippen LogP contribution in [0.3, 0.4) is 0 Å². The maximum Gasteiger partial charge on any atom is 0.341 e. The summed E-state index contributed by atoms with van der Waals surface area (Å²) in [5.74, 6) is 0.781. The Labute approximate surface area is 161 Å². The molecule has 3 aromatic rings. The molecule has 0 bridgehead atoms. The van der Waals surface area contributed by atoms with Gasteiger partial charge in [0.25, 0.3) is 0 Å². The molecule has 1 aliphatic heterocycles. The molecule has 0 radical (unpaired) electrons. The highest BCUT2D eigenvalue weighted by Gasteiger charge is 2.23. The third-order valence-corrected chi connectivity index (χ3v) is 5.18. The van der Waals surface area contributed by atoms with E-state index in [4.69, 9.17) is 21.5 Å². The summed E-state index contributed by atoms with van der Waals surface area (Å²) in [6.07, 6.45) is 5.04. The van der Waals surface area contributed by atoms with E-state index in [1.807, 2.05) is 47.0 Å². The molecule has 2 N–H and O–H groups in total. The first-order valence-electron chi connectivity index (χ1n) is 8.73. The highest BCUT2D eigenvalue weighted by molar-refractivity contribution is 6.32. The Kier molecular flexibility index (Phi) is 4.87. The lowest BCUT2D eigenvalue weighted by atomic mass is 10.1. The number of ether oxygens (including phenoxy) is 1. The number of nitrogens with zero attached hydrogens (tertiary/aromatic N) is 3. The number of urea groups is 1. The molecule has 1 aromatic carbocycles. The Balaban J connectivity index is 1.43. The topological polar surface area (TPSA) is 79.1 Å². The number of likely N-dealkylation sites (tertiary alicyclic amines) is 1. The van der Waals surface area contributed by atoms with E-state index >= 15 is 0 Å². The van der Waals surface area contributed by atoms with Crippen molar-refractivity contribution in [2.75, 3.05) is 13.1 Å². The van der Waals surface area contributed by atoms with Gasteiger partial charge in [-0.15, -0.1) is 0 Å². The first kappa shape index (κ1) is 17.6. The van der Waals surface area contributed by atoms with Gasteiger partial charge >= 0.3 is 6.03 Å². The van der Waals surface area contributed by atoms with Crippen molar-refractivity contribution in [3.63, 3.8) is 0 Å². The molecule has 0 saturated carbocycles. The zero-order chi connectivity index (χ0) is 18.8. The first-order chi connectivity index (χ1) is 13.2. The molecule has 2 aromatic heterocycles. The summed E-state index contributed by atoms with van der Waals surface area (Å²) < 4.78 is 7.87. The minimum absolute atomic E-state index is 0.0458. The molecule has 7 nitrogen and oxygen atoms in total. The fraction of sp³-hybridized carbons (Fsp3) is 0.263. The number of hydroxylamine groups is 1. The van der Waals surface area contributed by atoms with Gasteiger partial charge in [-0.25, -0.2) is 15.3 Å². The molecule has 27 heavy (non-hydrogen) atoms. The quantitative estimate of drug-likeness (QED) is 0.409. The lowest BCUT2D eigenvalue weighted by Crippen LogP contribution is -2.45. The van der Waals surface area contributed by atoms with Crippen molar-refractivity contribution in [2.45, 2.75) is 18.9 Å². The normalized spacial score (nSPS) is 15.1. The van der Waals surface area contributed by atoms with Crippen molar-refractivity contribution in [1.82, 2.24) is 19.8 Å². The van der Waals surface area contributed by atoms with E-state index in [1.54, 1.807) is 16.6 Å². The fourth-order valence-corrected chi connectivity index (χ4v) is 3.64. The highest BCUT2D eigenvalue weighted by atomic mass is 35.5. The Morgan fingerprint density at radius 2 is 1.93 bits per heavy atom. The predicted octanol–water partition coefficient (Wildman–Crippen LogP) is 3.60. The molecule has 1 aliphatic rings. The van der Waals surface area contributed by atoms with Gasteiger partial charge in [0.05, 0.1) is 0 Å². The summed E-state index contributed by atoms with van der Waals surface area (Å²) in [6.45, 7) is 1.10. The van der Waals surface area contributed by atoms with E-state index in [0.29, 0.717) is 18.2 Å². The number of carbonyl (C=O) groups excluding carboxylic acids is 1. The van der Waals surface area contributed by atoms with Gasteiger partial charge in [0.1, 0.15) is 22.7 Å². The van der Waals surface area contributed by atoms with Gasteiger partial charge in [0.2, 0.25) is 0 Å². The van der Waals surface area contributed by atoms with Gasteiger partial charge in [0.15, 0.2) is 0 Å². The molecular weight excluding hydrogens is 368 g/mol. The number of aromatic nitrogens is 2. The maximum absolute atomic E-state index is 11.4. The average Bonchev–Trinajstić information content (AvgIpc) is 3.19. The number of benzene rings is 1. The SMILES string of the molecule is O=C(NO)N1CCC(Oc2ccc(-c3ccc4nccn4c3Cl)cc2)CC1. The van der Waals surface area contributed by atoms with E-state index in [1.165, 1.54) is 0 Å². The number of amides is 2. The standard InChI is InChI=1S/C19H19ClN4O3/c20-18-16(5-6-17-21-9-12-24(17)18)13-1-3-14(4-2-13)27-15-7-10-23(11-8-15)19(25)22-26/h1-6,9,12,15,26H,7-8,10-11H2,(H,22,25). The van der Waals surface area contributed by atoms with E-state index in [0.717, 1.165) is 35.4 Å². The second-order valence-corrected chi connectivity index (χ2v) is 6.80. The summed E-state index contributed by atoms with van der Waals surface area (Å²) in [7, 11) is 0. The molecule has 4 rings (SSSR count). The lowest BCUT2D eigenvalue weighted by Gasteiger charge is -2.31. The highest BCUT2D eigenvalue weighted by Crippen LogP contribution is 2.30. The van der Waals surface area contributed by atoms with Gasteiger partial charge in [-0.05, 0) is 29.8 Å². The van der Waals surface area contributed by atoms with Crippen LogP contribution in [-0.4, -0.2) is 44.7 Å². The number of carbonyl (C=O) groups is 1. The van der Waals surface area contributed by atoms with Crippen LogP contribution in [0.2, 0.25) is 5.15 Å². The molecule has 8 heteroatoms. The van der Waals surface area contributed by atoms with Crippen LogP contribution in [0, 0.1) is 0 Å². The van der Waals surface area contributed by atoms with Gasteiger partial charge < -0.3 is 9.64 Å². The molecule has 1 fully saturated rings. The molecule has 0 aliphatic carbocycles. The summed E-state index contributed by atoms with van der Waals surface area (Å²) in [4.78, 5) is 17.2. The third kappa shape index (κ3) is 3.56. The summed E-state index contributed by atoms with van der Waals surface area (Å²) in [6, 6.07) is 11.2. The summed E-state index contributed by atoms with van der Waals surface area (Å²) >= 11 is 6.50. The van der Waals surface area contributed by atoms with Gasteiger partial charge in [-0.2, -0.15) is 0 Å². The van der Waals surface area contributed by atoms with E-state index in [-0.39, 0.29) is 6.10 Å². The van der Waals surface area contributed by atoms with Crippen molar-refractivity contribution in [3.05, 3.63) is 53.9 Å². The van der Waals surface area contributed by atoms with Crippen LogP contribution in [0.1, 0.15) is 12.8 Å². The number of hydrogen-bond acceptors (Lipinski definition) is 4. The van der Waals surface area contributed by atoms with E-state index in [9.17, 15) is 4.79 Å². The third-order valence-electron chi connectivity index (χ3n) is 4.80. The number of piperidine rings is 1. The van der Waals surface area contributed by atoms with Crippen LogP contribution in [-0.2, 0) is 0 Å². The minimum Gasteiger partial charge on any atom is -0.490 e. The number of halogens is 1. The predicted molar refractivity (Wildman–Crippen MR) is 101 cm³/mol. The molecule has 2 amide bonds. The Morgan fingerprint density at radius 3 is 2.63 bits per heavy atom. The Bertz CT molecular complexity index is 949. The largest absolute Gasteiger partial charge is 0.490 e. The first-order valence-corrected chi connectivity index (χ1v) is 9.11. The van der Waals surface area contributed by atoms with Gasteiger partial charge in [-0.1, -0.05) is 23.7 Å². The monoisotopic (exact) mass is 386 g/mol. The Morgan fingerprint density at radius 1 is 1.19 bits per heavy atom. The van der Waals surface area contributed by atoms with Gasteiger partial charge in [-0.3, -0.25) is 9.61 Å². The summed E-state index contributed by atoms with van der Waals surface area (Å²) in [5, 5.41) is 9.31. The Hall–Kier alpha value is -2.77. The molecule has 3 heterocycles. The van der Waals surface area contributed by atoms with Crippen LogP contribution < -0.4 is 10.2 Å². The number of imidazole rings is 1. The zero-order valence-corrected chi connectivity index (χ0v) is 15.3.